The maximum atomic E-state index is 13.0. The van der Waals surface area contributed by atoms with Gasteiger partial charge in [-0.15, -0.1) is 0 Å². The van der Waals surface area contributed by atoms with Crippen molar-refractivity contribution in [2.45, 2.75) is 19.8 Å². The van der Waals surface area contributed by atoms with Crippen LogP contribution >= 0.6 is 11.3 Å². The average molecular weight is 473 g/mol. The summed E-state index contributed by atoms with van der Waals surface area (Å²) in [6.07, 6.45) is 0. The molecule has 6 nitrogen and oxygen atoms in total. The van der Waals surface area contributed by atoms with Gasteiger partial charge >= 0.3 is 0 Å². The zero-order valence-electron chi connectivity index (χ0n) is 19.4. The van der Waals surface area contributed by atoms with Gasteiger partial charge in [0.15, 0.2) is 5.13 Å². The van der Waals surface area contributed by atoms with Crippen LogP contribution in [0.1, 0.15) is 24.0 Å². The molecular formula is C27H28N4O2S. The summed E-state index contributed by atoms with van der Waals surface area (Å²) in [6, 6.07) is 21.9. The van der Waals surface area contributed by atoms with Gasteiger partial charge in [0.1, 0.15) is 5.75 Å². The molecule has 2 N–H and O–H groups in total. The number of aromatic nitrogens is 1. The molecule has 4 aromatic rings. The Bertz CT molecular complexity index is 1280. The number of nitrogens with zero attached hydrogens (tertiary/aromatic N) is 3. The lowest BCUT2D eigenvalue weighted by Crippen LogP contribution is -2.46. The second-order valence-electron chi connectivity index (χ2n) is 8.79. The van der Waals surface area contributed by atoms with E-state index in [0.717, 1.165) is 47.6 Å². The smallest absolute Gasteiger partial charge is 0.233 e. The van der Waals surface area contributed by atoms with E-state index in [-0.39, 0.29) is 11.7 Å². The lowest BCUT2D eigenvalue weighted by molar-refractivity contribution is -0.117. The first kappa shape index (κ1) is 22.2. The molecule has 2 heterocycles. The van der Waals surface area contributed by atoms with Crippen molar-refractivity contribution in [2.24, 2.45) is 0 Å². The zero-order valence-corrected chi connectivity index (χ0v) is 20.2. The van der Waals surface area contributed by atoms with Crippen molar-refractivity contribution in [1.29, 1.82) is 0 Å². The highest BCUT2D eigenvalue weighted by molar-refractivity contribution is 7.22. The molecule has 174 valence electrons. The van der Waals surface area contributed by atoms with Crippen LogP contribution in [0.3, 0.4) is 0 Å². The van der Waals surface area contributed by atoms with Crippen molar-refractivity contribution >= 4 is 44.0 Å². The van der Waals surface area contributed by atoms with E-state index in [9.17, 15) is 9.90 Å². The van der Waals surface area contributed by atoms with Crippen molar-refractivity contribution in [2.75, 3.05) is 41.3 Å². The summed E-state index contributed by atoms with van der Waals surface area (Å²) in [5.74, 6) is -0.389. The number of hydrogen-bond acceptors (Lipinski definition) is 6. The van der Waals surface area contributed by atoms with Crippen molar-refractivity contribution < 1.29 is 9.90 Å². The Morgan fingerprint density at radius 3 is 2.35 bits per heavy atom. The molecule has 1 aliphatic heterocycles. The lowest BCUT2D eigenvalue weighted by Gasteiger charge is -2.37. The molecule has 1 unspecified atom stereocenters. The number of benzene rings is 3. The van der Waals surface area contributed by atoms with Crippen LogP contribution in [0.5, 0.6) is 5.75 Å². The highest BCUT2D eigenvalue weighted by Gasteiger charge is 2.22. The van der Waals surface area contributed by atoms with E-state index >= 15 is 0 Å². The van der Waals surface area contributed by atoms with E-state index in [2.05, 4.69) is 51.3 Å². The molecular weight excluding hydrogens is 444 g/mol. The quantitative estimate of drug-likeness (QED) is 0.408. The van der Waals surface area contributed by atoms with Crippen LogP contribution in [0, 0.1) is 6.92 Å². The Morgan fingerprint density at radius 1 is 0.971 bits per heavy atom. The van der Waals surface area contributed by atoms with Gasteiger partial charge in [-0.3, -0.25) is 4.79 Å². The second kappa shape index (κ2) is 9.35. The summed E-state index contributed by atoms with van der Waals surface area (Å²) in [6.45, 7) is 7.47. The number of phenols is 1. The maximum absolute atomic E-state index is 13.0. The normalized spacial score (nSPS) is 14.9. The Kier molecular flexibility index (Phi) is 6.11. The maximum Gasteiger partial charge on any atom is 0.233 e. The van der Waals surface area contributed by atoms with Gasteiger partial charge < -0.3 is 20.2 Å². The predicted molar refractivity (Wildman–Crippen MR) is 140 cm³/mol. The topological polar surface area (TPSA) is 68.7 Å². The largest absolute Gasteiger partial charge is 0.508 e. The summed E-state index contributed by atoms with van der Waals surface area (Å²) in [5.41, 5.74) is 5.10. The molecule has 1 amide bonds. The molecule has 1 fully saturated rings. The number of carbonyl (C=O) groups is 1. The van der Waals surface area contributed by atoms with E-state index in [4.69, 9.17) is 0 Å². The number of anilines is 3. The molecule has 0 aliphatic carbocycles. The molecule has 0 spiro atoms. The number of para-hydroxylation sites is 1. The van der Waals surface area contributed by atoms with Crippen molar-refractivity contribution in [1.82, 2.24) is 4.98 Å². The van der Waals surface area contributed by atoms with E-state index in [1.165, 1.54) is 22.6 Å². The van der Waals surface area contributed by atoms with Crippen molar-refractivity contribution in [3.05, 3.63) is 77.9 Å². The minimum absolute atomic E-state index is 0.139. The number of thiazole rings is 1. The molecule has 1 aromatic heterocycles. The Balaban J connectivity index is 1.27. The Morgan fingerprint density at radius 2 is 1.65 bits per heavy atom. The van der Waals surface area contributed by atoms with Gasteiger partial charge in [0.05, 0.1) is 16.1 Å². The molecule has 0 radical (unpaired) electrons. The Labute approximate surface area is 203 Å². The third kappa shape index (κ3) is 4.70. The van der Waals surface area contributed by atoms with E-state index in [0.29, 0.717) is 5.13 Å². The average Bonchev–Trinajstić information content (AvgIpc) is 3.26. The number of carbonyl (C=O) groups excluding carboxylic acids is 1. The Hall–Kier alpha value is -3.58. The van der Waals surface area contributed by atoms with E-state index < -0.39 is 5.92 Å². The van der Waals surface area contributed by atoms with Crippen LogP contribution in [0.2, 0.25) is 0 Å². The molecule has 1 aliphatic rings. The van der Waals surface area contributed by atoms with Crippen LogP contribution < -0.4 is 15.1 Å². The van der Waals surface area contributed by atoms with Crippen LogP contribution in [-0.2, 0) is 4.79 Å². The van der Waals surface area contributed by atoms with Crippen LogP contribution in [0.4, 0.5) is 16.5 Å². The van der Waals surface area contributed by atoms with Gasteiger partial charge in [-0.1, -0.05) is 41.2 Å². The second-order valence-corrected chi connectivity index (χ2v) is 9.82. The molecule has 0 bridgehead atoms. The number of fused-ring (bicyclic) bond motifs is 1. The number of phenolic OH excluding ortho intramolecular Hbond substituents is 1. The van der Waals surface area contributed by atoms with Gasteiger partial charge in [0, 0.05) is 43.6 Å². The zero-order chi connectivity index (χ0) is 23.7. The SMILES string of the molecule is Cc1ccc(N2CCN(c3cc(O)cc(C(C)C(=O)Nc4nc5ccccc5s4)c3)CC2)cc1. The number of hydrogen-bond donors (Lipinski definition) is 2. The van der Waals surface area contributed by atoms with Gasteiger partial charge in [0.25, 0.3) is 0 Å². The summed E-state index contributed by atoms with van der Waals surface area (Å²) < 4.78 is 1.04. The molecule has 1 saturated heterocycles. The number of rotatable bonds is 5. The fraction of sp³-hybridized carbons (Fsp3) is 0.259. The first-order valence-corrected chi connectivity index (χ1v) is 12.3. The summed E-state index contributed by atoms with van der Waals surface area (Å²) in [5, 5.41) is 13.9. The first-order valence-electron chi connectivity index (χ1n) is 11.5. The van der Waals surface area contributed by atoms with Crippen LogP contribution in [0.15, 0.2) is 66.7 Å². The number of nitrogens with one attached hydrogen (secondary N) is 1. The van der Waals surface area contributed by atoms with Gasteiger partial charge in [-0.2, -0.15) is 0 Å². The number of piperazine rings is 1. The summed E-state index contributed by atoms with van der Waals surface area (Å²) >= 11 is 1.46. The lowest BCUT2D eigenvalue weighted by atomic mass is 9.99. The molecule has 5 rings (SSSR count). The molecule has 0 saturated carbocycles. The summed E-state index contributed by atoms with van der Waals surface area (Å²) in [7, 11) is 0. The van der Waals surface area contributed by atoms with Crippen molar-refractivity contribution in [3.8, 4) is 5.75 Å². The third-order valence-corrected chi connectivity index (χ3v) is 7.34. The minimum Gasteiger partial charge on any atom is -0.508 e. The van der Waals surface area contributed by atoms with Gasteiger partial charge in [0.2, 0.25) is 5.91 Å². The van der Waals surface area contributed by atoms with Gasteiger partial charge in [-0.05, 0) is 55.8 Å². The fourth-order valence-corrected chi connectivity index (χ4v) is 5.19. The molecule has 34 heavy (non-hydrogen) atoms. The number of aryl methyl sites for hydroxylation is 1. The third-order valence-electron chi connectivity index (χ3n) is 6.39. The van der Waals surface area contributed by atoms with Crippen LogP contribution in [-0.4, -0.2) is 42.2 Å². The van der Waals surface area contributed by atoms with E-state index in [1.807, 2.05) is 37.3 Å². The monoisotopic (exact) mass is 472 g/mol. The van der Waals surface area contributed by atoms with Crippen LogP contribution in [0.25, 0.3) is 10.2 Å². The number of amides is 1. The van der Waals surface area contributed by atoms with Gasteiger partial charge in [-0.25, -0.2) is 4.98 Å². The highest BCUT2D eigenvalue weighted by atomic mass is 32.1. The standard InChI is InChI=1S/C27H28N4O2S/c1-18-7-9-21(10-8-18)30-11-13-31(14-12-30)22-15-20(16-23(32)17-22)19(2)26(33)29-27-28-24-5-3-4-6-25(24)34-27/h3-10,15-17,19,32H,11-14H2,1-2H3,(H,28,29,33). The first-order chi connectivity index (χ1) is 16.5. The van der Waals surface area contributed by atoms with Crippen molar-refractivity contribution in [3.63, 3.8) is 0 Å². The minimum atomic E-state index is -0.424. The predicted octanol–water partition coefficient (Wildman–Crippen LogP) is 5.38. The summed E-state index contributed by atoms with van der Waals surface area (Å²) in [4.78, 5) is 22.1. The highest BCUT2D eigenvalue weighted by Crippen LogP contribution is 2.31. The number of aromatic hydroxyl groups is 1. The molecule has 3 aromatic carbocycles. The van der Waals surface area contributed by atoms with E-state index in [1.54, 1.807) is 12.1 Å². The molecule has 7 heteroatoms. The fourth-order valence-electron chi connectivity index (χ4n) is 4.32. The molecule has 1 atom stereocenters.